The van der Waals surface area contributed by atoms with E-state index in [9.17, 15) is 19.2 Å². The summed E-state index contributed by atoms with van der Waals surface area (Å²) >= 11 is 0. The number of esters is 1. The first-order valence-corrected chi connectivity index (χ1v) is 9.59. The predicted octanol–water partition coefficient (Wildman–Crippen LogP) is 0.425. The Kier molecular flexibility index (Phi) is 6.60. The van der Waals surface area contributed by atoms with Crippen LogP contribution in [0.3, 0.4) is 0 Å². The number of carbonyl (C=O) groups is 4. The summed E-state index contributed by atoms with van der Waals surface area (Å²) in [5, 5.41) is 0. The Labute approximate surface area is 169 Å². The summed E-state index contributed by atoms with van der Waals surface area (Å²) < 4.78 is 10.3. The third kappa shape index (κ3) is 4.99. The molecule has 3 amide bonds. The van der Waals surface area contributed by atoms with Crippen molar-refractivity contribution in [1.82, 2.24) is 9.80 Å². The average molecular weight is 403 g/mol. The molecule has 2 aliphatic rings. The molecule has 2 heterocycles. The molecule has 29 heavy (non-hydrogen) atoms. The van der Waals surface area contributed by atoms with Gasteiger partial charge in [-0.05, 0) is 24.3 Å². The number of amides is 3. The molecule has 0 aliphatic carbocycles. The lowest BCUT2D eigenvalue weighted by molar-refractivity contribution is -0.136. The van der Waals surface area contributed by atoms with Crippen molar-refractivity contribution in [3.63, 3.8) is 0 Å². The van der Waals surface area contributed by atoms with E-state index in [-0.39, 0.29) is 18.2 Å². The highest BCUT2D eigenvalue weighted by molar-refractivity contribution is 6.23. The molecular formula is C20H25N3O6. The fourth-order valence-corrected chi connectivity index (χ4v) is 3.57. The number of rotatable bonds is 6. The molecule has 0 N–H and O–H groups in total. The smallest absolute Gasteiger partial charge is 0.308 e. The first kappa shape index (κ1) is 20.9. The first-order chi connectivity index (χ1) is 13.9. The van der Waals surface area contributed by atoms with Gasteiger partial charge in [0.25, 0.3) is 5.91 Å². The lowest BCUT2D eigenvalue weighted by Crippen LogP contribution is -2.49. The minimum absolute atomic E-state index is 0.0484. The van der Waals surface area contributed by atoms with Crippen molar-refractivity contribution in [2.75, 3.05) is 44.3 Å². The van der Waals surface area contributed by atoms with Crippen LogP contribution in [0.4, 0.5) is 5.69 Å². The Balaban J connectivity index is 1.69. The summed E-state index contributed by atoms with van der Waals surface area (Å²) in [5.41, 5.74) is 0.384. The second-order valence-corrected chi connectivity index (χ2v) is 7.04. The molecule has 0 spiro atoms. The van der Waals surface area contributed by atoms with E-state index in [1.807, 2.05) is 0 Å². The van der Waals surface area contributed by atoms with Crippen molar-refractivity contribution >= 4 is 29.4 Å². The van der Waals surface area contributed by atoms with E-state index >= 15 is 0 Å². The van der Waals surface area contributed by atoms with E-state index in [1.165, 1.54) is 30.9 Å². The zero-order valence-corrected chi connectivity index (χ0v) is 16.6. The summed E-state index contributed by atoms with van der Waals surface area (Å²) in [6.45, 7) is 6.56. The molecular weight excluding hydrogens is 378 g/mol. The maximum atomic E-state index is 13.0. The molecule has 1 atom stereocenters. The van der Waals surface area contributed by atoms with Crippen molar-refractivity contribution < 1.29 is 28.7 Å². The van der Waals surface area contributed by atoms with Gasteiger partial charge in [0.2, 0.25) is 11.8 Å². The summed E-state index contributed by atoms with van der Waals surface area (Å²) in [6.07, 6.45) is -0.0484. The van der Waals surface area contributed by atoms with E-state index in [0.29, 0.717) is 37.7 Å². The quantitative estimate of drug-likeness (QED) is 0.386. The molecule has 9 heteroatoms. The van der Waals surface area contributed by atoms with Crippen LogP contribution in [0.25, 0.3) is 0 Å². The van der Waals surface area contributed by atoms with Gasteiger partial charge in [-0.3, -0.25) is 24.1 Å². The molecule has 1 aromatic rings. The molecule has 2 aliphatic heterocycles. The minimum atomic E-state index is -0.811. The van der Waals surface area contributed by atoms with E-state index in [4.69, 9.17) is 9.47 Å². The molecule has 0 aromatic heterocycles. The highest BCUT2D eigenvalue weighted by Crippen LogP contribution is 2.27. The Hall–Kier alpha value is -2.78. The van der Waals surface area contributed by atoms with Crippen molar-refractivity contribution in [2.45, 2.75) is 26.3 Å². The van der Waals surface area contributed by atoms with Crippen LogP contribution in [-0.4, -0.2) is 78.9 Å². The van der Waals surface area contributed by atoms with Crippen molar-refractivity contribution in [1.29, 1.82) is 0 Å². The summed E-state index contributed by atoms with van der Waals surface area (Å²) in [7, 11) is 0. The van der Waals surface area contributed by atoms with E-state index < -0.39 is 17.9 Å². The van der Waals surface area contributed by atoms with E-state index in [1.54, 1.807) is 12.1 Å². The normalized spacial score (nSPS) is 20.1. The number of hydrogen-bond donors (Lipinski definition) is 0. The minimum Gasteiger partial charge on any atom is -0.427 e. The standard InChI is InChI=1S/C20H25N3O6/c1-14(24)22(8-7-21-9-11-28-12-10-21)18-13-19(26)23(20(18)27)16-3-5-17(6-4-16)29-15(2)25/h3-6,18H,7-13H2,1-2H3. The van der Waals surface area contributed by atoms with Crippen LogP contribution in [0.2, 0.25) is 0 Å². The molecule has 1 unspecified atom stereocenters. The Bertz CT molecular complexity index is 788. The molecule has 2 fully saturated rings. The van der Waals surface area contributed by atoms with Gasteiger partial charge in [0.1, 0.15) is 11.8 Å². The fourth-order valence-electron chi connectivity index (χ4n) is 3.57. The Morgan fingerprint density at radius 1 is 1.14 bits per heavy atom. The lowest BCUT2D eigenvalue weighted by Gasteiger charge is -2.31. The number of morpholine rings is 1. The summed E-state index contributed by atoms with van der Waals surface area (Å²) in [6, 6.07) is 5.32. The molecule has 3 rings (SSSR count). The fraction of sp³-hybridized carbons (Fsp3) is 0.500. The van der Waals surface area contributed by atoms with Crippen LogP contribution in [0.5, 0.6) is 5.75 Å². The number of ether oxygens (including phenoxy) is 2. The molecule has 0 radical (unpaired) electrons. The van der Waals surface area contributed by atoms with Crippen LogP contribution in [0, 0.1) is 0 Å². The highest BCUT2D eigenvalue weighted by atomic mass is 16.5. The van der Waals surface area contributed by atoms with Gasteiger partial charge in [-0.25, -0.2) is 4.90 Å². The largest absolute Gasteiger partial charge is 0.427 e. The second-order valence-electron chi connectivity index (χ2n) is 7.04. The number of hydrogen-bond acceptors (Lipinski definition) is 7. The maximum Gasteiger partial charge on any atom is 0.308 e. The van der Waals surface area contributed by atoms with Gasteiger partial charge in [0.15, 0.2) is 0 Å². The molecule has 2 saturated heterocycles. The topological polar surface area (TPSA) is 96.5 Å². The van der Waals surface area contributed by atoms with Crippen molar-refractivity contribution in [2.24, 2.45) is 0 Å². The third-order valence-corrected chi connectivity index (χ3v) is 5.02. The number of nitrogens with zero attached hydrogens (tertiary/aromatic N) is 3. The monoisotopic (exact) mass is 403 g/mol. The first-order valence-electron chi connectivity index (χ1n) is 9.59. The van der Waals surface area contributed by atoms with E-state index in [0.717, 1.165) is 18.0 Å². The zero-order valence-electron chi connectivity index (χ0n) is 16.6. The van der Waals surface area contributed by atoms with Gasteiger partial charge < -0.3 is 14.4 Å². The third-order valence-electron chi connectivity index (χ3n) is 5.02. The van der Waals surface area contributed by atoms with E-state index in [2.05, 4.69) is 4.90 Å². The average Bonchev–Trinajstić information content (AvgIpc) is 2.97. The SMILES string of the molecule is CC(=O)Oc1ccc(N2C(=O)CC(N(CCN3CCOCC3)C(C)=O)C2=O)cc1. The van der Waals surface area contributed by atoms with Crippen LogP contribution in [0.1, 0.15) is 20.3 Å². The van der Waals surface area contributed by atoms with Crippen LogP contribution >= 0.6 is 0 Å². The van der Waals surface area contributed by atoms with Crippen molar-refractivity contribution in [3.05, 3.63) is 24.3 Å². The van der Waals surface area contributed by atoms with Crippen LogP contribution in [0.15, 0.2) is 24.3 Å². The zero-order chi connectivity index (χ0) is 21.0. The maximum absolute atomic E-state index is 13.0. The second kappa shape index (κ2) is 9.15. The van der Waals surface area contributed by atoms with Crippen LogP contribution < -0.4 is 9.64 Å². The summed E-state index contributed by atoms with van der Waals surface area (Å²) in [5.74, 6) is -1.15. The highest BCUT2D eigenvalue weighted by Gasteiger charge is 2.43. The van der Waals surface area contributed by atoms with Gasteiger partial charge in [-0.1, -0.05) is 0 Å². The summed E-state index contributed by atoms with van der Waals surface area (Å²) in [4.78, 5) is 53.5. The van der Waals surface area contributed by atoms with Gasteiger partial charge >= 0.3 is 5.97 Å². The predicted molar refractivity (Wildman–Crippen MR) is 103 cm³/mol. The molecule has 156 valence electrons. The van der Waals surface area contributed by atoms with Crippen molar-refractivity contribution in [3.8, 4) is 5.75 Å². The van der Waals surface area contributed by atoms with Gasteiger partial charge in [-0.15, -0.1) is 0 Å². The molecule has 0 bridgehead atoms. The van der Waals surface area contributed by atoms with Gasteiger partial charge in [0, 0.05) is 40.0 Å². The van der Waals surface area contributed by atoms with Gasteiger partial charge in [0.05, 0.1) is 25.3 Å². The Morgan fingerprint density at radius 2 is 1.79 bits per heavy atom. The number of anilines is 1. The molecule has 9 nitrogen and oxygen atoms in total. The van der Waals surface area contributed by atoms with Gasteiger partial charge in [-0.2, -0.15) is 0 Å². The number of imide groups is 1. The number of benzene rings is 1. The molecule has 0 saturated carbocycles. The lowest BCUT2D eigenvalue weighted by atomic mass is 10.2. The van der Waals surface area contributed by atoms with Crippen LogP contribution in [-0.2, 0) is 23.9 Å². The Morgan fingerprint density at radius 3 is 2.38 bits per heavy atom. The number of carbonyl (C=O) groups excluding carboxylic acids is 4. The molecule has 1 aromatic carbocycles.